The lowest BCUT2D eigenvalue weighted by Gasteiger charge is -2.11. The number of hydrogen-bond acceptors (Lipinski definition) is 3. The Labute approximate surface area is 124 Å². The summed E-state index contributed by atoms with van der Waals surface area (Å²) in [5.41, 5.74) is 2.27. The minimum Gasteiger partial charge on any atom is -0.478 e. The summed E-state index contributed by atoms with van der Waals surface area (Å²) in [5, 5.41) is 3.45. The number of nitrogens with zero attached hydrogens (tertiary/aromatic N) is 1. The molecule has 0 aliphatic rings. The monoisotopic (exact) mass is 278 g/mol. The maximum absolute atomic E-state index is 5.77. The molecular weight excluding hydrogens is 248 g/mol. The molecule has 0 aliphatic heterocycles. The second-order valence-corrected chi connectivity index (χ2v) is 6.36. The highest BCUT2D eigenvalue weighted by atomic mass is 16.5. The van der Waals surface area contributed by atoms with E-state index in [0.717, 1.165) is 43.6 Å². The van der Waals surface area contributed by atoms with Gasteiger partial charge in [-0.2, -0.15) is 0 Å². The van der Waals surface area contributed by atoms with Gasteiger partial charge in [0.2, 0.25) is 5.88 Å². The zero-order valence-corrected chi connectivity index (χ0v) is 13.7. The van der Waals surface area contributed by atoms with Crippen LogP contribution in [0.2, 0.25) is 0 Å². The number of aryl methyl sites for hydroxylation is 1. The summed E-state index contributed by atoms with van der Waals surface area (Å²) >= 11 is 0. The second kappa shape index (κ2) is 8.96. The number of pyridine rings is 1. The van der Waals surface area contributed by atoms with Crippen molar-refractivity contribution in [1.82, 2.24) is 10.3 Å². The van der Waals surface area contributed by atoms with E-state index in [9.17, 15) is 0 Å². The van der Waals surface area contributed by atoms with Crippen molar-refractivity contribution in [2.75, 3.05) is 13.2 Å². The number of ether oxygens (including phenoxy) is 1. The number of aromatic nitrogens is 1. The molecule has 1 aromatic heterocycles. The highest BCUT2D eigenvalue weighted by molar-refractivity contribution is 5.24. The summed E-state index contributed by atoms with van der Waals surface area (Å²) in [7, 11) is 0. The summed E-state index contributed by atoms with van der Waals surface area (Å²) in [6.45, 7) is 13.6. The Balaban J connectivity index is 2.44. The standard InChI is InChI=1S/C17H30N2O/c1-13(2)7-6-8-20-17-10-16(9-15(5)19-17)12-18-11-14(3)4/h9-10,13-14,18H,6-8,11-12H2,1-5H3. The fourth-order valence-electron chi connectivity index (χ4n) is 2.06. The molecule has 0 radical (unpaired) electrons. The van der Waals surface area contributed by atoms with E-state index in [1.54, 1.807) is 0 Å². The lowest BCUT2D eigenvalue weighted by molar-refractivity contribution is 0.286. The summed E-state index contributed by atoms with van der Waals surface area (Å²) in [6, 6.07) is 4.17. The largest absolute Gasteiger partial charge is 0.478 e. The molecule has 1 rings (SSSR count). The van der Waals surface area contributed by atoms with Crippen LogP contribution in [0, 0.1) is 18.8 Å². The predicted molar refractivity (Wildman–Crippen MR) is 85.1 cm³/mol. The molecule has 0 spiro atoms. The molecule has 1 heterocycles. The molecule has 0 saturated carbocycles. The van der Waals surface area contributed by atoms with Crippen molar-refractivity contribution in [2.45, 2.75) is 54.0 Å². The van der Waals surface area contributed by atoms with Gasteiger partial charge in [0, 0.05) is 18.3 Å². The highest BCUT2D eigenvalue weighted by Crippen LogP contribution is 2.13. The molecule has 0 aromatic carbocycles. The maximum atomic E-state index is 5.77. The van der Waals surface area contributed by atoms with E-state index in [-0.39, 0.29) is 0 Å². The minimum absolute atomic E-state index is 0.671. The van der Waals surface area contributed by atoms with Gasteiger partial charge in [-0.1, -0.05) is 27.7 Å². The van der Waals surface area contributed by atoms with Crippen LogP contribution in [0.25, 0.3) is 0 Å². The summed E-state index contributed by atoms with van der Waals surface area (Å²) in [6.07, 6.45) is 2.29. The van der Waals surface area contributed by atoms with Gasteiger partial charge in [-0.15, -0.1) is 0 Å². The first-order valence-corrected chi connectivity index (χ1v) is 7.78. The van der Waals surface area contributed by atoms with Crippen LogP contribution in [0.5, 0.6) is 5.88 Å². The van der Waals surface area contributed by atoms with E-state index in [0.29, 0.717) is 5.92 Å². The van der Waals surface area contributed by atoms with E-state index in [4.69, 9.17) is 4.74 Å². The molecule has 0 amide bonds. The smallest absolute Gasteiger partial charge is 0.213 e. The van der Waals surface area contributed by atoms with Crippen molar-refractivity contribution in [2.24, 2.45) is 11.8 Å². The van der Waals surface area contributed by atoms with E-state index in [1.165, 1.54) is 12.0 Å². The van der Waals surface area contributed by atoms with Crippen molar-refractivity contribution >= 4 is 0 Å². The normalized spacial score (nSPS) is 11.3. The molecule has 0 unspecified atom stereocenters. The lowest BCUT2D eigenvalue weighted by atomic mass is 10.1. The lowest BCUT2D eigenvalue weighted by Crippen LogP contribution is -2.19. The Hall–Kier alpha value is -1.09. The average Bonchev–Trinajstić information content (AvgIpc) is 2.33. The molecule has 1 N–H and O–H groups in total. The number of nitrogens with one attached hydrogen (secondary N) is 1. The fraction of sp³-hybridized carbons (Fsp3) is 0.706. The molecular formula is C17H30N2O. The molecule has 0 fully saturated rings. The van der Waals surface area contributed by atoms with Crippen LogP contribution >= 0.6 is 0 Å². The first-order chi connectivity index (χ1) is 9.47. The summed E-state index contributed by atoms with van der Waals surface area (Å²) in [4.78, 5) is 4.44. The van der Waals surface area contributed by atoms with Crippen LogP contribution in [-0.4, -0.2) is 18.1 Å². The van der Waals surface area contributed by atoms with Gasteiger partial charge >= 0.3 is 0 Å². The number of rotatable bonds is 9. The van der Waals surface area contributed by atoms with Gasteiger partial charge < -0.3 is 10.1 Å². The van der Waals surface area contributed by atoms with E-state index in [1.807, 2.05) is 6.92 Å². The first kappa shape index (κ1) is 17.0. The van der Waals surface area contributed by atoms with Crippen molar-refractivity contribution in [3.8, 4) is 5.88 Å². The van der Waals surface area contributed by atoms with Gasteiger partial charge in [0.15, 0.2) is 0 Å². The fourth-order valence-corrected chi connectivity index (χ4v) is 2.06. The van der Waals surface area contributed by atoms with E-state index < -0.39 is 0 Å². The van der Waals surface area contributed by atoms with Crippen molar-refractivity contribution in [3.63, 3.8) is 0 Å². The molecule has 3 heteroatoms. The molecule has 20 heavy (non-hydrogen) atoms. The quantitative estimate of drug-likeness (QED) is 0.694. The average molecular weight is 278 g/mol. The van der Waals surface area contributed by atoms with Crippen LogP contribution < -0.4 is 10.1 Å². The minimum atomic E-state index is 0.671. The number of hydrogen-bond donors (Lipinski definition) is 1. The van der Waals surface area contributed by atoms with Crippen LogP contribution in [0.4, 0.5) is 0 Å². The topological polar surface area (TPSA) is 34.1 Å². The Morgan fingerprint density at radius 3 is 2.55 bits per heavy atom. The van der Waals surface area contributed by atoms with Gasteiger partial charge in [-0.25, -0.2) is 4.98 Å². The highest BCUT2D eigenvalue weighted by Gasteiger charge is 2.03. The third-order valence-corrected chi connectivity index (χ3v) is 3.05. The molecule has 0 aliphatic carbocycles. The van der Waals surface area contributed by atoms with Crippen LogP contribution in [0.15, 0.2) is 12.1 Å². The van der Waals surface area contributed by atoms with Gasteiger partial charge in [0.1, 0.15) is 0 Å². The Morgan fingerprint density at radius 2 is 1.90 bits per heavy atom. The van der Waals surface area contributed by atoms with Crippen molar-refractivity contribution in [3.05, 3.63) is 23.4 Å². The zero-order valence-electron chi connectivity index (χ0n) is 13.7. The first-order valence-electron chi connectivity index (χ1n) is 7.78. The Bertz CT molecular complexity index is 389. The van der Waals surface area contributed by atoms with E-state index in [2.05, 4.69) is 50.1 Å². The SMILES string of the molecule is Cc1cc(CNCC(C)C)cc(OCCCC(C)C)n1. The Morgan fingerprint density at radius 1 is 1.15 bits per heavy atom. The molecule has 1 aromatic rings. The van der Waals surface area contributed by atoms with Gasteiger partial charge in [0.05, 0.1) is 6.61 Å². The predicted octanol–water partition coefficient (Wildman–Crippen LogP) is 3.95. The van der Waals surface area contributed by atoms with Crippen LogP contribution in [0.3, 0.4) is 0 Å². The molecule has 0 atom stereocenters. The van der Waals surface area contributed by atoms with Gasteiger partial charge in [0.25, 0.3) is 0 Å². The van der Waals surface area contributed by atoms with Gasteiger partial charge in [-0.3, -0.25) is 0 Å². The van der Waals surface area contributed by atoms with Crippen molar-refractivity contribution in [1.29, 1.82) is 0 Å². The van der Waals surface area contributed by atoms with E-state index >= 15 is 0 Å². The zero-order chi connectivity index (χ0) is 15.0. The molecule has 0 bridgehead atoms. The van der Waals surface area contributed by atoms with Crippen molar-refractivity contribution < 1.29 is 4.74 Å². The second-order valence-electron chi connectivity index (χ2n) is 6.36. The maximum Gasteiger partial charge on any atom is 0.213 e. The third kappa shape index (κ3) is 7.49. The molecule has 114 valence electrons. The van der Waals surface area contributed by atoms with Crippen LogP contribution in [0.1, 0.15) is 51.8 Å². The summed E-state index contributed by atoms with van der Waals surface area (Å²) < 4.78 is 5.77. The molecule has 3 nitrogen and oxygen atoms in total. The summed E-state index contributed by atoms with van der Waals surface area (Å²) in [5.74, 6) is 2.17. The van der Waals surface area contributed by atoms with Crippen LogP contribution in [-0.2, 0) is 6.54 Å². The molecule has 0 saturated heterocycles. The van der Waals surface area contributed by atoms with Gasteiger partial charge in [-0.05, 0) is 49.8 Å². The Kier molecular flexibility index (Phi) is 7.60. The third-order valence-electron chi connectivity index (χ3n) is 3.05.